The first kappa shape index (κ1) is 26.6. The molecule has 0 saturated heterocycles. The molecule has 1 aromatic carbocycles. The fourth-order valence-electron chi connectivity index (χ4n) is 3.87. The standard InChI is InChI=1S/C25H39N3O5/c1-5-32-19-23(29)26(2)16-11-9-14-21-25(31)27(3)17-10-6-12-18-33-22-15-8-7-13-20(22)24(30)28(21)4/h7-8,13,15,21H,5-6,9-12,14,16-19H2,1-4H3/t21-/m0/s1. The lowest BCUT2D eigenvalue weighted by molar-refractivity contribution is -0.135. The van der Waals surface area contributed by atoms with Gasteiger partial charge in [-0.15, -0.1) is 0 Å². The molecule has 1 aliphatic heterocycles. The highest BCUT2D eigenvalue weighted by atomic mass is 16.5. The van der Waals surface area contributed by atoms with Crippen molar-refractivity contribution in [3.63, 3.8) is 0 Å². The Hall–Kier alpha value is -2.61. The van der Waals surface area contributed by atoms with E-state index in [2.05, 4.69) is 0 Å². The molecule has 0 spiro atoms. The Balaban J connectivity index is 2.10. The van der Waals surface area contributed by atoms with E-state index in [1.807, 2.05) is 19.1 Å². The van der Waals surface area contributed by atoms with Gasteiger partial charge in [0.25, 0.3) is 5.91 Å². The van der Waals surface area contributed by atoms with Gasteiger partial charge in [0.05, 0.1) is 12.2 Å². The van der Waals surface area contributed by atoms with Gasteiger partial charge in [-0.2, -0.15) is 0 Å². The monoisotopic (exact) mass is 461 g/mol. The molecular formula is C25H39N3O5. The number of para-hydroxylation sites is 1. The van der Waals surface area contributed by atoms with Gasteiger partial charge >= 0.3 is 0 Å². The number of amides is 3. The molecule has 8 heteroatoms. The molecule has 0 radical (unpaired) electrons. The van der Waals surface area contributed by atoms with E-state index in [1.54, 1.807) is 48.0 Å². The quantitative estimate of drug-likeness (QED) is 0.556. The van der Waals surface area contributed by atoms with Crippen LogP contribution in [0.2, 0.25) is 0 Å². The fourth-order valence-corrected chi connectivity index (χ4v) is 3.87. The summed E-state index contributed by atoms with van der Waals surface area (Å²) >= 11 is 0. The molecule has 0 bridgehead atoms. The van der Waals surface area contributed by atoms with Crippen LogP contribution in [-0.4, -0.2) is 92.5 Å². The maximum atomic E-state index is 13.3. The van der Waals surface area contributed by atoms with Gasteiger partial charge in [0.2, 0.25) is 11.8 Å². The molecule has 0 aromatic heterocycles. The predicted molar refractivity (Wildman–Crippen MR) is 127 cm³/mol. The number of ether oxygens (including phenoxy) is 2. The minimum Gasteiger partial charge on any atom is -0.493 e. The average molecular weight is 462 g/mol. The van der Waals surface area contributed by atoms with Crippen LogP contribution < -0.4 is 4.74 Å². The Morgan fingerprint density at radius 1 is 1.15 bits per heavy atom. The number of benzene rings is 1. The zero-order valence-electron chi connectivity index (χ0n) is 20.5. The SMILES string of the molecule is CCOCC(=O)N(C)CCCC[C@H]1C(=O)N(C)CCCCCOc2ccccc2C(=O)N1C. The lowest BCUT2D eigenvalue weighted by Gasteiger charge is -2.31. The van der Waals surface area contributed by atoms with Gasteiger partial charge in [0.15, 0.2) is 0 Å². The van der Waals surface area contributed by atoms with E-state index in [0.29, 0.717) is 50.5 Å². The first-order chi connectivity index (χ1) is 15.9. The maximum absolute atomic E-state index is 13.3. The molecule has 0 aliphatic carbocycles. The third-order valence-electron chi connectivity index (χ3n) is 6.04. The number of nitrogens with zero attached hydrogens (tertiary/aromatic N) is 3. The van der Waals surface area contributed by atoms with Gasteiger partial charge in [0.1, 0.15) is 18.4 Å². The largest absolute Gasteiger partial charge is 0.493 e. The zero-order valence-corrected chi connectivity index (χ0v) is 20.5. The lowest BCUT2D eigenvalue weighted by atomic mass is 10.0. The number of fused-ring (bicyclic) bond motifs is 1. The summed E-state index contributed by atoms with van der Waals surface area (Å²) in [5.41, 5.74) is 0.473. The molecule has 8 nitrogen and oxygen atoms in total. The van der Waals surface area contributed by atoms with Gasteiger partial charge in [-0.05, 0) is 57.6 Å². The topological polar surface area (TPSA) is 79.4 Å². The van der Waals surface area contributed by atoms with Gasteiger partial charge < -0.3 is 24.2 Å². The normalized spacial score (nSPS) is 18.0. The van der Waals surface area contributed by atoms with Crippen molar-refractivity contribution in [3.05, 3.63) is 29.8 Å². The van der Waals surface area contributed by atoms with Gasteiger partial charge in [0, 0.05) is 40.8 Å². The van der Waals surface area contributed by atoms with E-state index in [1.165, 1.54) is 0 Å². The van der Waals surface area contributed by atoms with Crippen molar-refractivity contribution in [1.82, 2.24) is 14.7 Å². The van der Waals surface area contributed by atoms with Crippen molar-refractivity contribution in [2.24, 2.45) is 0 Å². The minimum absolute atomic E-state index is 0.0516. The fraction of sp³-hybridized carbons (Fsp3) is 0.640. The number of likely N-dealkylation sites (N-methyl/N-ethyl adjacent to an activating group) is 3. The molecule has 0 saturated carbocycles. The van der Waals surface area contributed by atoms with Gasteiger partial charge in [-0.25, -0.2) is 0 Å². The first-order valence-electron chi connectivity index (χ1n) is 11.9. The van der Waals surface area contributed by atoms with Crippen LogP contribution >= 0.6 is 0 Å². The van der Waals surface area contributed by atoms with Crippen LogP contribution in [-0.2, 0) is 14.3 Å². The van der Waals surface area contributed by atoms with Gasteiger partial charge in [-0.1, -0.05) is 12.1 Å². The van der Waals surface area contributed by atoms with E-state index >= 15 is 0 Å². The van der Waals surface area contributed by atoms with E-state index < -0.39 is 6.04 Å². The Kier molecular flexibility index (Phi) is 11.2. The van der Waals surface area contributed by atoms with E-state index in [9.17, 15) is 14.4 Å². The summed E-state index contributed by atoms with van der Waals surface area (Å²) in [5, 5.41) is 0. The second kappa shape index (κ2) is 13.8. The molecule has 0 fully saturated rings. The van der Waals surface area contributed by atoms with Gasteiger partial charge in [-0.3, -0.25) is 14.4 Å². The maximum Gasteiger partial charge on any atom is 0.258 e. The summed E-state index contributed by atoms with van der Waals surface area (Å²) in [4.78, 5) is 43.6. The third-order valence-corrected chi connectivity index (χ3v) is 6.04. The molecule has 1 atom stereocenters. The Morgan fingerprint density at radius 2 is 1.91 bits per heavy atom. The van der Waals surface area contributed by atoms with Crippen LogP contribution in [0.1, 0.15) is 55.8 Å². The molecule has 1 aromatic rings. The third kappa shape index (κ3) is 8.03. The number of hydrogen-bond acceptors (Lipinski definition) is 5. The van der Waals surface area contributed by atoms with Crippen LogP contribution in [0.5, 0.6) is 5.75 Å². The number of carbonyl (C=O) groups is 3. The molecule has 3 amide bonds. The van der Waals surface area contributed by atoms with Crippen LogP contribution in [0.4, 0.5) is 0 Å². The molecule has 33 heavy (non-hydrogen) atoms. The van der Waals surface area contributed by atoms with Crippen molar-refractivity contribution in [2.45, 2.75) is 51.5 Å². The number of carbonyl (C=O) groups excluding carboxylic acids is 3. The van der Waals surface area contributed by atoms with Crippen LogP contribution in [0.3, 0.4) is 0 Å². The van der Waals surface area contributed by atoms with Crippen molar-refractivity contribution in [1.29, 1.82) is 0 Å². The Morgan fingerprint density at radius 3 is 2.67 bits per heavy atom. The highest BCUT2D eigenvalue weighted by Crippen LogP contribution is 2.23. The van der Waals surface area contributed by atoms with Crippen LogP contribution in [0.15, 0.2) is 24.3 Å². The highest BCUT2D eigenvalue weighted by molar-refractivity contribution is 5.99. The average Bonchev–Trinajstić information content (AvgIpc) is 2.83. The molecule has 0 unspecified atom stereocenters. The number of unbranched alkanes of at least 4 members (excludes halogenated alkanes) is 1. The Labute approximate surface area is 197 Å². The molecule has 184 valence electrons. The zero-order chi connectivity index (χ0) is 24.2. The van der Waals surface area contributed by atoms with Crippen molar-refractivity contribution < 1.29 is 23.9 Å². The first-order valence-corrected chi connectivity index (χ1v) is 11.9. The summed E-state index contributed by atoms with van der Waals surface area (Å²) in [6, 6.07) is 6.64. The van der Waals surface area contributed by atoms with Crippen molar-refractivity contribution in [2.75, 3.05) is 54.1 Å². The number of hydrogen-bond donors (Lipinski definition) is 0. The van der Waals surface area contributed by atoms with Crippen LogP contribution in [0, 0.1) is 0 Å². The highest BCUT2D eigenvalue weighted by Gasteiger charge is 2.30. The molecule has 1 heterocycles. The molecular weight excluding hydrogens is 422 g/mol. The molecule has 2 rings (SSSR count). The smallest absolute Gasteiger partial charge is 0.258 e. The summed E-state index contributed by atoms with van der Waals surface area (Å²) in [7, 11) is 5.25. The molecule has 1 aliphatic rings. The summed E-state index contributed by atoms with van der Waals surface area (Å²) < 4.78 is 11.1. The molecule has 0 N–H and O–H groups in total. The summed E-state index contributed by atoms with van der Waals surface area (Å²) in [5.74, 6) is 0.228. The van der Waals surface area contributed by atoms with E-state index in [0.717, 1.165) is 25.7 Å². The van der Waals surface area contributed by atoms with E-state index in [4.69, 9.17) is 9.47 Å². The Bertz CT molecular complexity index is 785. The predicted octanol–water partition coefficient (Wildman–Crippen LogP) is 2.81. The second-order valence-corrected chi connectivity index (χ2v) is 8.55. The van der Waals surface area contributed by atoms with Crippen molar-refractivity contribution in [3.8, 4) is 5.75 Å². The van der Waals surface area contributed by atoms with E-state index in [-0.39, 0.29) is 24.3 Å². The minimum atomic E-state index is -0.569. The number of rotatable bonds is 8. The lowest BCUT2D eigenvalue weighted by Crippen LogP contribution is -2.48. The summed E-state index contributed by atoms with van der Waals surface area (Å²) in [6.07, 6.45) is 4.71. The summed E-state index contributed by atoms with van der Waals surface area (Å²) in [6.45, 7) is 4.22. The second-order valence-electron chi connectivity index (χ2n) is 8.55. The van der Waals surface area contributed by atoms with Crippen molar-refractivity contribution >= 4 is 17.7 Å². The van der Waals surface area contributed by atoms with Crippen LogP contribution in [0.25, 0.3) is 0 Å².